The van der Waals surface area contributed by atoms with Crippen molar-refractivity contribution in [1.29, 1.82) is 0 Å². The van der Waals surface area contributed by atoms with Gasteiger partial charge in [-0.3, -0.25) is 4.21 Å². The number of alkyl halides is 1. The van der Waals surface area contributed by atoms with Gasteiger partial charge in [0.15, 0.2) is 0 Å². The Hall–Kier alpha value is -1.33. The molecule has 1 aliphatic heterocycles. The topological polar surface area (TPSA) is 38.1 Å². The number of para-hydroxylation sites is 1. The van der Waals surface area contributed by atoms with Crippen LogP contribution in [0.1, 0.15) is 11.3 Å². The quantitative estimate of drug-likeness (QED) is 0.815. The Morgan fingerprint density at radius 1 is 1.24 bits per heavy atom. The third-order valence-electron chi connectivity index (χ3n) is 3.77. The highest BCUT2D eigenvalue weighted by Gasteiger charge is 2.24. The number of aryl methyl sites for hydroxylation is 1. The lowest BCUT2D eigenvalue weighted by molar-refractivity contribution is 0.670. The van der Waals surface area contributed by atoms with Crippen molar-refractivity contribution in [3.05, 3.63) is 41.6 Å². The van der Waals surface area contributed by atoms with Crippen LogP contribution in [0.2, 0.25) is 0 Å². The van der Waals surface area contributed by atoms with E-state index in [4.69, 9.17) is 11.6 Å². The number of benzene rings is 1. The molecule has 3 rings (SSSR count). The molecule has 112 valence electrons. The van der Waals surface area contributed by atoms with E-state index in [2.05, 4.69) is 10.00 Å². The summed E-state index contributed by atoms with van der Waals surface area (Å²) in [4.78, 5) is 2.26. The minimum Gasteiger partial charge on any atom is -0.354 e. The SMILES string of the molecule is Cc1nn(-c2ccccc2)c(N2CCS(=O)CC2)c1CCl. The predicted octanol–water partition coefficient (Wildman–Crippen LogP) is 2.49. The molecule has 1 aromatic heterocycles. The van der Waals surface area contributed by atoms with Crippen LogP contribution in [0.25, 0.3) is 5.69 Å². The zero-order valence-electron chi connectivity index (χ0n) is 12.0. The van der Waals surface area contributed by atoms with Crippen molar-refractivity contribution in [1.82, 2.24) is 9.78 Å². The molecular formula is C15H18ClN3OS. The molecule has 2 aromatic rings. The highest BCUT2D eigenvalue weighted by Crippen LogP contribution is 2.29. The maximum Gasteiger partial charge on any atom is 0.137 e. The number of hydrogen-bond donors (Lipinski definition) is 0. The van der Waals surface area contributed by atoms with Gasteiger partial charge < -0.3 is 4.90 Å². The first-order chi connectivity index (χ1) is 10.2. The van der Waals surface area contributed by atoms with E-state index in [-0.39, 0.29) is 0 Å². The van der Waals surface area contributed by atoms with Gasteiger partial charge in [0.25, 0.3) is 0 Å². The van der Waals surface area contributed by atoms with E-state index in [1.165, 1.54) is 0 Å². The van der Waals surface area contributed by atoms with Gasteiger partial charge in [-0.2, -0.15) is 5.10 Å². The lowest BCUT2D eigenvalue weighted by Crippen LogP contribution is -2.39. The van der Waals surface area contributed by atoms with E-state index >= 15 is 0 Å². The van der Waals surface area contributed by atoms with Crippen LogP contribution in [0, 0.1) is 6.92 Å². The Bertz CT molecular complexity index is 646. The van der Waals surface area contributed by atoms with E-state index in [1.54, 1.807) is 0 Å². The number of nitrogens with zero attached hydrogens (tertiary/aromatic N) is 3. The van der Waals surface area contributed by atoms with Crippen molar-refractivity contribution in [3.63, 3.8) is 0 Å². The average Bonchev–Trinajstić information content (AvgIpc) is 2.85. The van der Waals surface area contributed by atoms with Crippen molar-refractivity contribution >= 4 is 28.2 Å². The van der Waals surface area contributed by atoms with Gasteiger partial charge >= 0.3 is 0 Å². The standard InChI is InChI=1S/C15H18ClN3OS/c1-12-14(11-16)15(18-7-9-21(20)10-8-18)19(17-12)13-5-3-2-4-6-13/h2-6H,7-11H2,1H3. The van der Waals surface area contributed by atoms with E-state index < -0.39 is 10.8 Å². The normalized spacial score (nSPS) is 16.4. The molecule has 0 aliphatic carbocycles. The molecule has 4 nitrogen and oxygen atoms in total. The molecular weight excluding hydrogens is 306 g/mol. The second-order valence-corrected chi connectivity index (χ2v) is 7.07. The lowest BCUT2D eigenvalue weighted by atomic mass is 10.2. The molecule has 1 saturated heterocycles. The zero-order chi connectivity index (χ0) is 14.8. The van der Waals surface area contributed by atoms with E-state index in [0.29, 0.717) is 17.4 Å². The zero-order valence-corrected chi connectivity index (χ0v) is 13.5. The largest absolute Gasteiger partial charge is 0.354 e. The first-order valence-electron chi connectivity index (χ1n) is 7.00. The molecule has 1 aromatic carbocycles. The van der Waals surface area contributed by atoms with E-state index in [0.717, 1.165) is 35.9 Å². The fourth-order valence-electron chi connectivity index (χ4n) is 2.63. The molecule has 6 heteroatoms. The molecule has 0 radical (unpaired) electrons. The summed E-state index contributed by atoms with van der Waals surface area (Å²) in [5, 5.41) is 4.66. The number of hydrogen-bond acceptors (Lipinski definition) is 3. The van der Waals surface area contributed by atoms with E-state index in [9.17, 15) is 4.21 Å². The summed E-state index contributed by atoms with van der Waals surface area (Å²) < 4.78 is 13.6. The van der Waals surface area contributed by atoms with Crippen LogP contribution < -0.4 is 4.90 Å². The van der Waals surface area contributed by atoms with Gasteiger partial charge in [0.1, 0.15) is 5.82 Å². The highest BCUT2D eigenvalue weighted by molar-refractivity contribution is 7.85. The first kappa shape index (κ1) is 14.6. The van der Waals surface area contributed by atoms with Crippen molar-refractivity contribution in [2.24, 2.45) is 0 Å². The third kappa shape index (κ3) is 2.85. The second kappa shape index (κ2) is 6.20. The van der Waals surface area contributed by atoms with Crippen LogP contribution in [0.4, 0.5) is 5.82 Å². The maximum absolute atomic E-state index is 11.6. The Kier molecular flexibility index (Phi) is 4.31. The van der Waals surface area contributed by atoms with Crippen LogP contribution >= 0.6 is 11.6 Å². The highest BCUT2D eigenvalue weighted by atomic mass is 35.5. The summed E-state index contributed by atoms with van der Waals surface area (Å²) >= 11 is 6.15. The van der Waals surface area contributed by atoms with Crippen LogP contribution in [-0.2, 0) is 16.7 Å². The summed E-state index contributed by atoms with van der Waals surface area (Å²) in [6, 6.07) is 10.1. The summed E-state index contributed by atoms with van der Waals surface area (Å²) in [7, 11) is -0.692. The number of aromatic nitrogens is 2. The number of halogens is 1. The monoisotopic (exact) mass is 323 g/mol. The Morgan fingerprint density at radius 3 is 2.52 bits per heavy atom. The molecule has 0 spiro atoms. The van der Waals surface area contributed by atoms with Gasteiger partial charge in [-0.05, 0) is 19.1 Å². The summed E-state index contributed by atoms with van der Waals surface area (Å²) in [6.07, 6.45) is 0. The Balaban J connectivity index is 2.06. The molecule has 2 heterocycles. The molecule has 21 heavy (non-hydrogen) atoms. The smallest absolute Gasteiger partial charge is 0.137 e. The van der Waals surface area contributed by atoms with Crippen molar-refractivity contribution in [2.75, 3.05) is 29.5 Å². The molecule has 1 aliphatic rings. The third-order valence-corrected chi connectivity index (χ3v) is 5.31. The van der Waals surface area contributed by atoms with Crippen LogP contribution in [0.15, 0.2) is 30.3 Å². The minimum absolute atomic E-state index is 0.438. The maximum atomic E-state index is 11.6. The molecule has 0 unspecified atom stereocenters. The minimum atomic E-state index is -0.692. The number of anilines is 1. The fourth-order valence-corrected chi connectivity index (χ4v) is 3.99. The lowest BCUT2D eigenvalue weighted by Gasteiger charge is -2.29. The summed E-state index contributed by atoms with van der Waals surface area (Å²) in [5.74, 6) is 2.90. The van der Waals surface area contributed by atoms with Crippen LogP contribution in [0.5, 0.6) is 0 Å². The molecule has 0 atom stereocenters. The first-order valence-corrected chi connectivity index (χ1v) is 9.02. The predicted molar refractivity (Wildman–Crippen MR) is 87.9 cm³/mol. The van der Waals surface area contributed by atoms with Crippen LogP contribution in [0.3, 0.4) is 0 Å². The summed E-state index contributed by atoms with van der Waals surface area (Å²) in [5.41, 5.74) is 3.04. The van der Waals surface area contributed by atoms with Gasteiger partial charge in [0.2, 0.25) is 0 Å². The van der Waals surface area contributed by atoms with Gasteiger partial charge in [-0.25, -0.2) is 4.68 Å². The van der Waals surface area contributed by atoms with Crippen LogP contribution in [-0.4, -0.2) is 38.6 Å². The van der Waals surface area contributed by atoms with Crippen molar-refractivity contribution in [3.8, 4) is 5.69 Å². The van der Waals surface area contributed by atoms with Crippen molar-refractivity contribution < 1.29 is 4.21 Å². The van der Waals surface area contributed by atoms with Gasteiger partial charge in [0, 0.05) is 41.0 Å². The van der Waals surface area contributed by atoms with E-state index in [1.807, 2.05) is 41.9 Å². The fraction of sp³-hybridized carbons (Fsp3) is 0.400. The molecule has 1 fully saturated rings. The second-order valence-electron chi connectivity index (χ2n) is 5.10. The molecule has 0 N–H and O–H groups in total. The molecule has 0 amide bonds. The van der Waals surface area contributed by atoms with Gasteiger partial charge in [0.05, 0.1) is 17.3 Å². The van der Waals surface area contributed by atoms with Gasteiger partial charge in [-0.1, -0.05) is 18.2 Å². The molecule has 0 saturated carbocycles. The Labute approximate surface area is 132 Å². The Morgan fingerprint density at radius 2 is 1.90 bits per heavy atom. The molecule has 0 bridgehead atoms. The summed E-state index contributed by atoms with van der Waals surface area (Å²) in [6.45, 7) is 3.56. The van der Waals surface area contributed by atoms with Gasteiger partial charge in [-0.15, -0.1) is 11.6 Å². The van der Waals surface area contributed by atoms with Crippen molar-refractivity contribution in [2.45, 2.75) is 12.8 Å². The average molecular weight is 324 g/mol. The number of rotatable bonds is 3.